The summed E-state index contributed by atoms with van der Waals surface area (Å²) in [4.78, 5) is 19.5. The summed E-state index contributed by atoms with van der Waals surface area (Å²) < 4.78 is 6.36. The van der Waals surface area contributed by atoms with Crippen LogP contribution in [0.3, 0.4) is 0 Å². The number of rotatable bonds is 5. The third-order valence-corrected chi connectivity index (χ3v) is 7.86. The Morgan fingerprint density at radius 1 is 0.477 bits per heavy atom. The maximum atomic E-state index is 6.36. The lowest BCUT2D eigenvalue weighted by molar-refractivity contribution is 0.668. The zero-order valence-corrected chi connectivity index (χ0v) is 24.0. The van der Waals surface area contributed by atoms with Crippen LogP contribution in [0.5, 0.6) is 0 Å². The van der Waals surface area contributed by atoms with Gasteiger partial charge in [0, 0.05) is 34.2 Å². The number of fused-ring (bicyclic) bond motifs is 3. The van der Waals surface area contributed by atoms with E-state index < -0.39 is 0 Å². The van der Waals surface area contributed by atoms with Crippen molar-refractivity contribution in [3.63, 3.8) is 0 Å². The van der Waals surface area contributed by atoms with Gasteiger partial charge in [-0.1, -0.05) is 127 Å². The van der Waals surface area contributed by atoms with Gasteiger partial charge in [0.05, 0.1) is 0 Å². The molecule has 0 amide bonds. The standard InChI is InChI=1S/C39H26N4O/c1-25-10-8-15-30(22-25)26-18-20-29(21-19-26)38-41-37(28-13-6-3-7-14-28)42-39(43-38)33-23-35-32(24-40-33)36-31(16-9-17-34(36)44-35)27-11-4-2-5-12-27/h2-24H,1H3. The van der Waals surface area contributed by atoms with Gasteiger partial charge in [0.25, 0.3) is 0 Å². The zero-order chi connectivity index (χ0) is 29.5. The minimum absolute atomic E-state index is 0.488. The molecule has 8 aromatic rings. The van der Waals surface area contributed by atoms with E-state index in [-0.39, 0.29) is 0 Å². The lowest BCUT2D eigenvalue weighted by atomic mass is 10.00. The fourth-order valence-electron chi connectivity index (χ4n) is 5.67. The van der Waals surface area contributed by atoms with Gasteiger partial charge in [-0.25, -0.2) is 15.0 Å². The normalized spacial score (nSPS) is 11.3. The summed E-state index contributed by atoms with van der Waals surface area (Å²) in [7, 11) is 0. The molecule has 0 spiro atoms. The SMILES string of the molecule is Cc1cccc(-c2ccc(-c3nc(-c4ccccc4)nc(-c4cc5oc6cccc(-c7ccccc7)c6c5cn4)n3)cc2)c1. The monoisotopic (exact) mass is 566 g/mol. The Morgan fingerprint density at radius 2 is 1.09 bits per heavy atom. The summed E-state index contributed by atoms with van der Waals surface area (Å²) in [5, 5.41) is 2.00. The largest absolute Gasteiger partial charge is 0.456 e. The van der Waals surface area contributed by atoms with Gasteiger partial charge in [-0.3, -0.25) is 4.98 Å². The average Bonchev–Trinajstić information content (AvgIpc) is 3.47. The van der Waals surface area contributed by atoms with E-state index >= 15 is 0 Å². The van der Waals surface area contributed by atoms with Crippen LogP contribution < -0.4 is 0 Å². The average molecular weight is 567 g/mol. The van der Waals surface area contributed by atoms with E-state index in [4.69, 9.17) is 24.4 Å². The van der Waals surface area contributed by atoms with E-state index in [1.54, 1.807) is 0 Å². The Labute approximate surface area is 254 Å². The highest BCUT2D eigenvalue weighted by Gasteiger charge is 2.17. The molecule has 208 valence electrons. The van der Waals surface area contributed by atoms with E-state index in [2.05, 4.69) is 73.7 Å². The smallest absolute Gasteiger partial charge is 0.182 e. The van der Waals surface area contributed by atoms with Crippen LogP contribution in [0.15, 0.2) is 144 Å². The van der Waals surface area contributed by atoms with Gasteiger partial charge in [0.15, 0.2) is 17.5 Å². The molecule has 0 N–H and O–H groups in total. The Kier molecular flexibility index (Phi) is 6.27. The van der Waals surface area contributed by atoms with Crippen LogP contribution in [0.4, 0.5) is 0 Å². The van der Waals surface area contributed by atoms with Crippen LogP contribution in [-0.4, -0.2) is 19.9 Å². The molecule has 5 heteroatoms. The Bertz CT molecular complexity index is 2270. The van der Waals surface area contributed by atoms with Crippen molar-refractivity contribution < 1.29 is 4.42 Å². The molecule has 0 unspecified atom stereocenters. The number of nitrogens with zero attached hydrogens (tertiary/aromatic N) is 4. The fourth-order valence-corrected chi connectivity index (χ4v) is 5.67. The first kappa shape index (κ1) is 25.7. The molecule has 3 heterocycles. The molecular formula is C39H26N4O. The minimum Gasteiger partial charge on any atom is -0.456 e. The second-order valence-corrected chi connectivity index (χ2v) is 10.8. The maximum Gasteiger partial charge on any atom is 0.182 e. The highest BCUT2D eigenvalue weighted by atomic mass is 16.3. The van der Waals surface area contributed by atoms with Crippen molar-refractivity contribution >= 4 is 21.9 Å². The second kappa shape index (κ2) is 10.7. The molecule has 0 atom stereocenters. The van der Waals surface area contributed by atoms with E-state index in [9.17, 15) is 0 Å². The first-order valence-corrected chi connectivity index (χ1v) is 14.6. The fraction of sp³-hybridized carbons (Fsp3) is 0.0256. The number of pyridine rings is 1. The van der Waals surface area contributed by atoms with Crippen molar-refractivity contribution in [2.24, 2.45) is 0 Å². The lowest BCUT2D eigenvalue weighted by Gasteiger charge is -2.09. The third-order valence-electron chi connectivity index (χ3n) is 7.86. The molecule has 0 aliphatic carbocycles. The summed E-state index contributed by atoms with van der Waals surface area (Å²) in [6.45, 7) is 2.11. The molecule has 3 aromatic heterocycles. The molecule has 0 saturated carbocycles. The van der Waals surface area contributed by atoms with Crippen molar-refractivity contribution in [2.45, 2.75) is 6.92 Å². The summed E-state index contributed by atoms with van der Waals surface area (Å²) >= 11 is 0. The molecule has 5 nitrogen and oxygen atoms in total. The quantitative estimate of drug-likeness (QED) is 0.207. The van der Waals surface area contributed by atoms with Gasteiger partial charge in [0.1, 0.15) is 16.9 Å². The van der Waals surface area contributed by atoms with Gasteiger partial charge in [-0.15, -0.1) is 0 Å². The minimum atomic E-state index is 0.488. The van der Waals surface area contributed by atoms with Crippen molar-refractivity contribution in [2.75, 3.05) is 0 Å². The summed E-state index contributed by atoms with van der Waals surface area (Å²) in [5.41, 5.74) is 9.77. The van der Waals surface area contributed by atoms with Gasteiger partial charge >= 0.3 is 0 Å². The Morgan fingerprint density at radius 3 is 1.82 bits per heavy atom. The first-order chi connectivity index (χ1) is 21.7. The molecule has 0 fully saturated rings. The summed E-state index contributed by atoms with van der Waals surface area (Å²) in [6, 6.07) is 45.2. The predicted octanol–water partition coefficient (Wildman–Crippen LogP) is 9.81. The van der Waals surface area contributed by atoms with E-state index in [0.717, 1.165) is 49.8 Å². The van der Waals surface area contributed by atoms with Gasteiger partial charge in [0.2, 0.25) is 0 Å². The first-order valence-electron chi connectivity index (χ1n) is 14.6. The highest BCUT2D eigenvalue weighted by Crippen LogP contribution is 2.37. The Balaban J connectivity index is 1.25. The van der Waals surface area contributed by atoms with Crippen LogP contribution in [0.2, 0.25) is 0 Å². The molecule has 0 radical (unpaired) electrons. The molecular weight excluding hydrogens is 540 g/mol. The highest BCUT2D eigenvalue weighted by molar-refractivity contribution is 6.12. The van der Waals surface area contributed by atoms with Crippen molar-refractivity contribution in [1.82, 2.24) is 19.9 Å². The number of furan rings is 1. The maximum absolute atomic E-state index is 6.36. The molecule has 0 aliphatic rings. The van der Waals surface area contributed by atoms with Gasteiger partial charge < -0.3 is 4.42 Å². The van der Waals surface area contributed by atoms with Crippen LogP contribution in [0, 0.1) is 6.92 Å². The van der Waals surface area contributed by atoms with Crippen LogP contribution in [-0.2, 0) is 0 Å². The number of benzene rings is 5. The van der Waals surface area contributed by atoms with Crippen molar-refractivity contribution in [3.8, 4) is 56.5 Å². The molecule has 0 bridgehead atoms. The topological polar surface area (TPSA) is 64.7 Å². The molecule has 0 aliphatic heterocycles. The number of hydrogen-bond acceptors (Lipinski definition) is 5. The van der Waals surface area contributed by atoms with E-state index in [0.29, 0.717) is 23.2 Å². The molecule has 0 saturated heterocycles. The molecule has 8 rings (SSSR count). The van der Waals surface area contributed by atoms with Crippen LogP contribution >= 0.6 is 0 Å². The molecule has 5 aromatic carbocycles. The van der Waals surface area contributed by atoms with Crippen LogP contribution in [0.25, 0.3) is 78.5 Å². The lowest BCUT2D eigenvalue weighted by Crippen LogP contribution is -2.01. The third kappa shape index (κ3) is 4.71. The van der Waals surface area contributed by atoms with Gasteiger partial charge in [-0.2, -0.15) is 0 Å². The second-order valence-electron chi connectivity index (χ2n) is 10.8. The Hall–Kier alpha value is -5.94. The number of aromatic nitrogens is 4. The summed E-state index contributed by atoms with van der Waals surface area (Å²) in [6.07, 6.45) is 1.87. The van der Waals surface area contributed by atoms with E-state index in [1.165, 1.54) is 11.1 Å². The molecule has 44 heavy (non-hydrogen) atoms. The van der Waals surface area contributed by atoms with Crippen molar-refractivity contribution in [1.29, 1.82) is 0 Å². The number of aryl methyl sites for hydroxylation is 1. The summed E-state index contributed by atoms with van der Waals surface area (Å²) in [5.74, 6) is 1.66. The van der Waals surface area contributed by atoms with Crippen molar-refractivity contribution in [3.05, 3.63) is 145 Å². The van der Waals surface area contributed by atoms with Gasteiger partial charge in [-0.05, 0) is 35.2 Å². The number of hydrogen-bond donors (Lipinski definition) is 0. The predicted molar refractivity (Wildman–Crippen MR) is 177 cm³/mol. The zero-order valence-electron chi connectivity index (χ0n) is 24.0. The van der Waals surface area contributed by atoms with E-state index in [1.807, 2.05) is 72.9 Å². The van der Waals surface area contributed by atoms with Crippen LogP contribution in [0.1, 0.15) is 5.56 Å².